The van der Waals surface area contributed by atoms with Crippen LogP contribution in [0.15, 0.2) is 59.7 Å². The second-order valence-corrected chi connectivity index (χ2v) is 14.2. The maximum Gasteiger partial charge on any atom is 0.326 e. The number of carbonyl (C=O) groups is 2. The SMILES string of the molecule is CCOc1cc(C(C)(C)C)ncc1C1=N[C@@](C)(c2ccc(Cl)cc2)[C@@H](c2ccc(Cl)cc2C)N1C(=O)N1CCC(NC(C)=O)CC1. The van der Waals surface area contributed by atoms with Crippen molar-refractivity contribution >= 4 is 41.0 Å². The fraction of sp³-hybridized carbons (Fsp3) is 0.444. The Bertz CT molecular complexity index is 1640. The third kappa shape index (κ3) is 6.74. The van der Waals surface area contributed by atoms with Gasteiger partial charge in [0.2, 0.25) is 5.91 Å². The van der Waals surface area contributed by atoms with Gasteiger partial charge in [-0.2, -0.15) is 0 Å². The molecule has 244 valence electrons. The molecule has 0 radical (unpaired) electrons. The molecule has 0 unspecified atom stereocenters. The number of urea groups is 1. The average Bonchev–Trinajstić information content (AvgIpc) is 3.30. The van der Waals surface area contributed by atoms with Crippen molar-refractivity contribution < 1.29 is 14.3 Å². The molecule has 3 heterocycles. The molecule has 0 aliphatic carbocycles. The Morgan fingerprint density at radius 3 is 2.28 bits per heavy atom. The molecule has 0 spiro atoms. The number of halogens is 2. The maximum absolute atomic E-state index is 14.9. The summed E-state index contributed by atoms with van der Waals surface area (Å²) in [7, 11) is 0. The molecule has 2 aliphatic rings. The molecule has 8 nitrogen and oxygen atoms in total. The van der Waals surface area contributed by atoms with Crippen molar-refractivity contribution in [3.63, 3.8) is 0 Å². The molecule has 2 aliphatic heterocycles. The van der Waals surface area contributed by atoms with Gasteiger partial charge in [-0.3, -0.25) is 19.7 Å². The Labute approximate surface area is 282 Å². The van der Waals surface area contributed by atoms with Crippen LogP contribution in [0.4, 0.5) is 4.79 Å². The summed E-state index contributed by atoms with van der Waals surface area (Å²) in [6, 6.07) is 14.7. The number of amides is 3. The molecule has 2 atom stereocenters. The average molecular weight is 665 g/mol. The predicted octanol–water partition coefficient (Wildman–Crippen LogP) is 7.83. The summed E-state index contributed by atoms with van der Waals surface area (Å²) >= 11 is 12.8. The van der Waals surface area contributed by atoms with Gasteiger partial charge in [-0.05, 0) is 74.6 Å². The molecule has 3 aromatic rings. The second kappa shape index (κ2) is 13.2. The first-order valence-corrected chi connectivity index (χ1v) is 16.6. The van der Waals surface area contributed by atoms with Crippen LogP contribution in [0.3, 0.4) is 0 Å². The van der Waals surface area contributed by atoms with Gasteiger partial charge in [-0.1, -0.05) is 62.2 Å². The number of hydrogen-bond donors (Lipinski definition) is 1. The van der Waals surface area contributed by atoms with Crippen LogP contribution in [0.2, 0.25) is 10.0 Å². The van der Waals surface area contributed by atoms with Crippen LogP contribution >= 0.6 is 23.2 Å². The summed E-state index contributed by atoms with van der Waals surface area (Å²) < 4.78 is 6.23. The number of ether oxygens (including phenoxy) is 1. The highest BCUT2D eigenvalue weighted by atomic mass is 35.5. The van der Waals surface area contributed by atoms with Crippen molar-refractivity contribution in [2.45, 2.75) is 84.3 Å². The Morgan fingerprint density at radius 2 is 1.70 bits per heavy atom. The molecule has 1 fully saturated rings. The number of hydrogen-bond acceptors (Lipinski definition) is 5. The predicted molar refractivity (Wildman–Crippen MR) is 184 cm³/mol. The second-order valence-electron chi connectivity index (χ2n) is 13.4. The van der Waals surface area contributed by atoms with Crippen molar-refractivity contribution in [3.05, 3.63) is 92.7 Å². The van der Waals surface area contributed by atoms with Crippen LogP contribution < -0.4 is 10.1 Å². The minimum absolute atomic E-state index is 0.0283. The fourth-order valence-corrected chi connectivity index (χ4v) is 6.79. The van der Waals surface area contributed by atoms with Crippen molar-refractivity contribution in [2.75, 3.05) is 19.7 Å². The van der Waals surface area contributed by atoms with Gasteiger partial charge in [-0.15, -0.1) is 0 Å². The number of piperidine rings is 1. The number of nitrogens with one attached hydrogen (secondary N) is 1. The van der Waals surface area contributed by atoms with Crippen molar-refractivity contribution in [1.29, 1.82) is 0 Å². The van der Waals surface area contributed by atoms with Crippen LogP contribution in [0, 0.1) is 6.92 Å². The summed E-state index contributed by atoms with van der Waals surface area (Å²) in [4.78, 5) is 40.6. The quantitative estimate of drug-likeness (QED) is 0.291. The van der Waals surface area contributed by atoms with E-state index in [2.05, 4.69) is 33.0 Å². The normalized spacial score (nSPS) is 20.5. The highest BCUT2D eigenvalue weighted by Gasteiger charge is 2.52. The summed E-state index contributed by atoms with van der Waals surface area (Å²) in [5.74, 6) is 1.04. The molecule has 0 bridgehead atoms. The van der Waals surface area contributed by atoms with E-state index in [9.17, 15) is 9.59 Å². The summed E-state index contributed by atoms with van der Waals surface area (Å²) in [5.41, 5.74) is 3.19. The van der Waals surface area contributed by atoms with Gasteiger partial charge in [0.1, 0.15) is 17.1 Å². The van der Waals surface area contributed by atoms with E-state index in [0.717, 1.165) is 22.4 Å². The summed E-state index contributed by atoms with van der Waals surface area (Å²) in [5, 5.41) is 4.24. The van der Waals surface area contributed by atoms with E-state index in [0.29, 0.717) is 59.7 Å². The van der Waals surface area contributed by atoms with Crippen LogP contribution in [-0.2, 0) is 15.7 Å². The van der Waals surface area contributed by atoms with Crippen molar-refractivity contribution in [1.82, 2.24) is 20.1 Å². The zero-order valence-corrected chi connectivity index (χ0v) is 29.2. The molecule has 5 rings (SSSR count). The monoisotopic (exact) mass is 663 g/mol. The molecule has 2 aromatic carbocycles. The first-order valence-electron chi connectivity index (χ1n) is 15.8. The van der Waals surface area contributed by atoms with E-state index in [4.69, 9.17) is 37.9 Å². The van der Waals surface area contributed by atoms with E-state index < -0.39 is 11.6 Å². The molecule has 3 amide bonds. The smallest absolute Gasteiger partial charge is 0.326 e. The van der Waals surface area contributed by atoms with Crippen molar-refractivity contribution in [3.8, 4) is 5.75 Å². The van der Waals surface area contributed by atoms with E-state index >= 15 is 0 Å². The topological polar surface area (TPSA) is 87.1 Å². The lowest BCUT2D eigenvalue weighted by Crippen LogP contribution is -2.53. The van der Waals surface area contributed by atoms with Gasteiger partial charge in [-0.25, -0.2) is 4.79 Å². The highest BCUT2D eigenvalue weighted by molar-refractivity contribution is 6.31. The molecular formula is C36H43Cl2N5O3. The zero-order chi connectivity index (χ0) is 33.4. The van der Waals surface area contributed by atoms with E-state index in [-0.39, 0.29) is 23.4 Å². The molecule has 46 heavy (non-hydrogen) atoms. The number of nitrogens with zero attached hydrogens (tertiary/aromatic N) is 4. The molecule has 1 saturated heterocycles. The number of aliphatic imine (C=N–C) groups is 1. The van der Waals surface area contributed by atoms with Gasteiger partial charge in [0, 0.05) is 59.5 Å². The number of amidine groups is 1. The van der Waals surface area contributed by atoms with Crippen LogP contribution in [0.5, 0.6) is 5.75 Å². The Balaban J connectivity index is 1.72. The minimum atomic E-state index is -0.908. The van der Waals surface area contributed by atoms with Gasteiger partial charge in [0.15, 0.2) is 0 Å². The molecular weight excluding hydrogens is 621 g/mol. The first kappa shape index (κ1) is 33.7. The maximum atomic E-state index is 14.9. The van der Waals surface area contributed by atoms with Gasteiger partial charge >= 0.3 is 6.03 Å². The van der Waals surface area contributed by atoms with E-state index in [1.54, 1.807) is 6.20 Å². The number of rotatable bonds is 6. The lowest BCUT2D eigenvalue weighted by atomic mass is 9.80. The van der Waals surface area contributed by atoms with Gasteiger partial charge in [0.05, 0.1) is 18.2 Å². The molecule has 1 aromatic heterocycles. The number of pyridine rings is 1. The number of benzene rings is 2. The minimum Gasteiger partial charge on any atom is -0.493 e. The van der Waals surface area contributed by atoms with E-state index in [1.165, 1.54) is 6.92 Å². The zero-order valence-electron chi connectivity index (χ0n) is 27.7. The van der Waals surface area contributed by atoms with Crippen LogP contribution in [0.25, 0.3) is 0 Å². The molecule has 10 heteroatoms. The Hall–Kier alpha value is -3.62. The Kier molecular flexibility index (Phi) is 9.71. The fourth-order valence-electron chi connectivity index (χ4n) is 6.44. The van der Waals surface area contributed by atoms with Crippen LogP contribution in [-0.4, -0.2) is 58.3 Å². The highest BCUT2D eigenvalue weighted by Crippen LogP contribution is 2.50. The lowest BCUT2D eigenvalue weighted by Gasteiger charge is -2.40. The largest absolute Gasteiger partial charge is 0.493 e. The third-order valence-electron chi connectivity index (χ3n) is 8.87. The van der Waals surface area contributed by atoms with Crippen LogP contribution in [0.1, 0.15) is 88.4 Å². The van der Waals surface area contributed by atoms with Gasteiger partial charge < -0.3 is 15.0 Å². The lowest BCUT2D eigenvalue weighted by molar-refractivity contribution is -0.119. The number of carbonyl (C=O) groups excluding carboxylic acids is 2. The number of likely N-dealkylation sites (tertiary alicyclic amines) is 1. The standard InChI is InChI=1S/C36H43Cl2N5O3/c1-8-46-30-20-31(35(4,5)6)39-21-29(30)33-41-36(7,24-9-11-25(37)12-10-24)32(28-14-13-26(38)19-22(28)2)43(33)34(45)42-17-15-27(16-18-42)40-23(3)44/h9-14,19-21,27,32H,8,15-18H2,1-7H3,(H,40,44)/t32-,36+/m1/s1. The first-order chi connectivity index (χ1) is 21.7. The number of aromatic nitrogens is 1. The Morgan fingerprint density at radius 1 is 1.04 bits per heavy atom. The summed E-state index contributed by atoms with van der Waals surface area (Å²) in [6.45, 7) is 15.3. The summed E-state index contributed by atoms with van der Waals surface area (Å²) in [6.07, 6.45) is 3.11. The molecule has 0 saturated carbocycles. The van der Waals surface area contributed by atoms with Gasteiger partial charge in [0.25, 0.3) is 0 Å². The number of aryl methyl sites for hydroxylation is 1. The van der Waals surface area contributed by atoms with E-state index in [1.807, 2.05) is 72.2 Å². The van der Waals surface area contributed by atoms with Crippen molar-refractivity contribution in [2.24, 2.45) is 4.99 Å². The third-order valence-corrected chi connectivity index (χ3v) is 9.35. The molecule has 1 N–H and O–H groups in total.